The van der Waals surface area contributed by atoms with Gasteiger partial charge in [-0.15, -0.1) is 0 Å². The Morgan fingerprint density at radius 3 is 1.41 bits per heavy atom. The predicted molar refractivity (Wildman–Crippen MR) is 95.9 cm³/mol. The number of nitrogens with zero attached hydrogens (tertiary/aromatic N) is 3. The van der Waals surface area contributed by atoms with E-state index in [1.54, 1.807) is 9.80 Å². The fourth-order valence-electron chi connectivity index (χ4n) is 2.42. The van der Waals surface area contributed by atoms with Gasteiger partial charge in [-0.1, -0.05) is 6.07 Å². The van der Waals surface area contributed by atoms with Crippen molar-refractivity contribution >= 4 is 0 Å². The maximum Gasteiger partial charge on any atom is 0.0642 e. The third-order valence-electron chi connectivity index (χ3n) is 3.34. The first-order chi connectivity index (χ1) is 12.6. The van der Waals surface area contributed by atoms with Gasteiger partial charge >= 0.3 is 0 Å². The number of hydrogen-bond donors (Lipinski definition) is 0. The first-order valence-electron chi connectivity index (χ1n) is 11.1. The fourth-order valence-corrected chi connectivity index (χ4v) is 2.42. The molecule has 0 aliphatic heterocycles. The van der Waals surface area contributed by atoms with Crippen molar-refractivity contribution < 1.29 is 8.22 Å². The minimum absolute atomic E-state index is 0.144. The molecule has 126 valence electrons. The second kappa shape index (κ2) is 8.64. The van der Waals surface area contributed by atoms with Crippen molar-refractivity contribution in [3.05, 3.63) is 29.5 Å². The van der Waals surface area contributed by atoms with E-state index in [9.17, 15) is 0 Å². The minimum Gasteiger partial charge on any atom is -0.293 e. The van der Waals surface area contributed by atoms with Crippen LogP contribution in [0.5, 0.6) is 0 Å². The van der Waals surface area contributed by atoms with Gasteiger partial charge in [-0.2, -0.15) is 0 Å². The molecule has 22 heavy (non-hydrogen) atoms. The average molecular weight is 312 g/mol. The zero-order valence-corrected chi connectivity index (χ0v) is 15.2. The lowest BCUT2D eigenvalue weighted by molar-refractivity contribution is 0.159. The molecule has 0 atom stereocenters. The highest BCUT2D eigenvalue weighted by Gasteiger charge is 2.16. The van der Waals surface area contributed by atoms with Crippen LogP contribution in [-0.2, 0) is 13.0 Å². The molecule has 0 aromatic carbocycles. The first-order valence-corrected chi connectivity index (χ1v) is 8.12. The standard InChI is InChI=1S/C19H35N3/c1-14(2)21(15(3)4)12-18-10-9-11-19(20-18)13-22(16(5)6)17(7)8/h9-11,14-17H,12-13H2,1-8H3/i10D,11D,12D2,13D2. The van der Waals surface area contributed by atoms with E-state index in [4.69, 9.17) is 8.22 Å². The molecule has 0 spiro atoms. The monoisotopic (exact) mass is 311 g/mol. The molecule has 0 amide bonds. The maximum absolute atomic E-state index is 8.69. The van der Waals surface area contributed by atoms with Crippen LogP contribution < -0.4 is 0 Å². The first kappa shape index (κ1) is 11.6. The molecule has 1 aromatic rings. The van der Waals surface area contributed by atoms with Crippen molar-refractivity contribution in [3.63, 3.8) is 0 Å². The van der Waals surface area contributed by atoms with E-state index >= 15 is 0 Å². The Hall–Kier alpha value is -0.930. The summed E-state index contributed by atoms with van der Waals surface area (Å²) in [7, 11) is 0. The largest absolute Gasteiger partial charge is 0.293 e. The van der Waals surface area contributed by atoms with Gasteiger partial charge in [0.2, 0.25) is 0 Å². The lowest BCUT2D eigenvalue weighted by Crippen LogP contribution is -2.37. The molecule has 1 rings (SSSR count). The average Bonchev–Trinajstić information content (AvgIpc) is 2.43. The zero-order chi connectivity index (χ0) is 22.2. The van der Waals surface area contributed by atoms with Crippen LogP contribution in [0.1, 0.15) is 75.0 Å². The molecule has 0 radical (unpaired) electrons. The van der Waals surface area contributed by atoms with E-state index in [1.807, 2.05) is 55.4 Å². The van der Waals surface area contributed by atoms with E-state index in [0.717, 1.165) is 0 Å². The third kappa shape index (κ3) is 5.69. The Morgan fingerprint density at radius 2 is 1.14 bits per heavy atom. The zero-order valence-electron chi connectivity index (χ0n) is 21.2. The van der Waals surface area contributed by atoms with E-state index < -0.39 is 13.0 Å². The lowest BCUT2D eigenvalue weighted by Gasteiger charge is -2.31. The van der Waals surface area contributed by atoms with Crippen LogP contribution in [0, 0.1) is 0 Å². The molecule has 0 unspecified atom stereocenters. The van der Waals surface area contributed by atoms with Crippen LogP contribution in [0.4, 0.5) is 0 Å². The molecule has 0 saturated carbocycles. The van der Waals surface area contributed by atoms with Crippen LogP contribution in [-0.4, -0.2) is 39.0 Å². The molecule has 0 aliphatic carbocycles. The van der Waals surface area contributed by atoms with Crippen molar-refractivity contribution in [3.8, 4) is 0 Å². The molecule has 3 nitrogen and oxygen atoms in total. The Morgan fingerprint density at radius 1 is 0.818 bits per heavy atom. The van der Waals surface area contributed by atoms with Gasteiger partial charge < -0.3 is 0 Å². The number of aromatic nitrogens is 1. The van der Waals surface area contributed by atoms with Gasteiger partial charge in [-0.25, -0.2) is 0 Å². The van der Waals surface area contributed by atoms with E-state index in [2.05, 4.69) is 4.98 Å². The summed E-state index contributed by atoms with van der Waals surface area (Å²) in [5, 5.41) is 0. The van der Waals surface area contributed by atoms with E-state index in [-0.39, 0.29) is 47.6 Å². The second-order valence-electron chi connectivity index (χ2n) is 6.66. The van der Waals surface area contributed by atoms with Crippen LogP contribution in [0.25, 0.3) is 0 Å². The minimum atomic E-state index is -2.07. The summed E-state index contributed by atoms with van der Waals surface area (Å²) in [5.41, 5.74) is -0.311. The molecular formula is C19H35N3. The van der Waals surface area contributed by atoms with Gasteiger partial charge in [-0.05, 0) is 67.5 Å². The quantitative estimate of drug-likeness (QED) is 0.713. The van der Waals surface area contributed by atoms with Gasteiger partial charge in [0, 0.05) is 42.6 Å². The highest BCUT2D eigenvalue weighted by Crippen LogP contribution is 2.14. The summed E-state index contributed by atoms with van der Waals surface area (Å²) < 4.78 is 51.2. The molecule has 1 heterocycles. The van der Waals surface area contributed by atoms with E-state index in [1.165, 1.54) is 6.07 Å². The fraction of sp³-hybridized carbons (Fsp3) is 0.737. The van der Waals surface area contributed by atoms with Crippen molar-refractivity contribution in [2.45, 2.75) is 92.6 Å². The van der Waals surface area contributed by atoms with Crippen LogP contribution in [0.3, 0.4) is 0 Å². The van der Waals surface area contributed by atoms with Crippen molar-refractivity contribution in [2.75, 3.05) is 0 Å². The summed E-state index contributed by atoms with van der Waals surface area (Å²) in [4.78, 5) is 7.50. The van der Waals surface area contributed by atoms with Crippen molar-refractivity contribution in [1.29, 1.82) is 0 Å². The van der Waals surface area contributed by atoms with Crippen LogP contribution in [0.2, 0.25) is 0 Å². The lowest BCUT2D eigenvalue weighted by atomic mass is 10.2. The van der Waals surface area contributed by atoms with Gasteiger partial charge in [-0.3, -0.25) is 14.8 Å². The van der Waals surface area contributed by atoms with Gasteiger partial charge in [0.25, 0.3) is 0 Å². The maximum atomic E-state index is 8.69. The second-order valence-corrected chi connectivity index (χ2v) is 6.66. The van der Waals surface area contributed by atoms with Crippen LogP contribution >= 0.6 is 0 Å². The molecule has 0 fully saturated rings. The summed E-state index contributed by atoms with van der Waals surface area (Å²) in [6, 6.07) is 0.239. The van der Waals surface area contributed by atoms with Gasteiger partial charge in [0.05, 0.1) is 14.1 Å². The third-order valence-corrected chi connectivity index (χ3v) is 3.34. The molecule has 0 aliphatic rings. The summed E-state index contributed by atoms with van der Waals surface area (Å²) in [5.74, 6) is 0. The summed E-state index contributed by atoms with van der Waals surface area (Å²) in [6.07, 6.45) is 0. The highest BCUT2D eigenvalue weighted by atomic mass is 15.2. The normalized spacial score (nSPS) is 17.9. The predicted octanol–water partition coefficient (Wildman–Crippen LogP) is 4.32. The number of hydrogen-bond acceptors (Lipinski definition) is 3. The highest BCUT2D eigenvalue weighted by molar-refractivity contribution is 5.11. The Bertz CT molecular complexity index is 605. The molecule has 0 saturated heterocycles. The SMILES string of the molecule is [2H]c1cc([2H])c(C([2H])([2H])N(C(C)C)C(C)C)nc1C([2H])([2H])N(C(C)C)C(C)C. The Kier molecular flexibility index (Phi) is 4.55. The number of rotatable bonds is 8. The molecule has 0 N–H and O–H groups in total. The van der Waals surface area contributed by atoms with Gasteiger partial charge in [0.1, 0.15) is 0 Å². The Labute approximate surface area is 146 Å². The molecule has 0 bridgehead atoms. The van der Waals surface area contributed by atoms with Crippen LogP contribution in [0.15, 0.2) is 18.2 Å². The van der Waals surface area contributed by atoms with Crippen molar-refractivity contribution in [1.82, 2.24) is 14.8 Å². The molecule has 3 heteroatoms. The summed E-state index contributed by atoms with van der Waals surface area (Å²) >= 11 is 0. The topological polar surface area (TPSA) is 19.4 Å². The molecule has 1 aromatic heterocycles. The number of pyridine rings is 1. The Balaban J connectivity index is 3.68. The van der Waals surface area contributed by atoms with Gasteiger partial charge in [0.15, 0.2) is 0 Å². The van der Waals surface area contributed by atoms with Crippen molar-refractivity contribution in [2.24, 2.45) is 0 Å². The molecular weight excluding hydrogens is 270 g/mol. The smallest absolute Gasteiger partial charge is 0.0642 e. The van der Waals surface area contributed by atoms with E-state index in [0.29, 0.717) is 0 Å². The summed E-state index contributed by atoms with van der Waals surface area (Å²) in [6.45, 7) is 10.9.